The van der Waals surface area contributed by atoms with Gasteiger partial charge < -0.3 is 10.1 Å². The molecule has 2 rings (SSSR count). The Morgan fingerprint density at radius 1 is 1.08 bits per heavy atom. The Balaban J connectivity index is 2.23. The van der Waals surface area contributed by atoms with Gasteiger partial charge in [-0.3, -0.25) is 14.4 Å². The van der Waals surface area contributed by atoms with Crippen LogP contribution in [0.3, 0.4) is 0 Å². The van der Waals surface area contributed by atoms with E-state index in [-0.39, 0.29) is 30.5 Å². The molecule has 0 fully saturated rings. The van der Waals surface area contributed by atoms with Crippen molar-refractivity contribution in [2.24, 2.45) is 0 Å². The van der Waals surface area contributed by atoms with Crippen LogP contribution in [-0.2, 0) is 27.2 Å². The summed E-state index contributed by atoms with van der Waals surface area (Å²) in [4.78, 5) is 35.9. The van der Waals surface area contributed by atoms with Crippen LogP contribution in [0.2, 0.25) is 0 Å². The second kappa shape index (κ2) is 9.29. The van der Waals surface area contributed by atoms with Crippen LogP contribution in [0.25, 0.3) is 0 Å². The zero-order valence-corrected chi connectivity index (χ0v) is 16.3. The first-order chi connectivity index (χ1) is 12.4. The lowest BCUT2D eigenvalue weighted by Gasteiger charge is -2.11. The number of rotatable bonds is 7. The Bertz CT molecular complexity index is 832. The summed E-state index contributed by atoms with van der Waals surface area (Å²) in [7, 11) is 1.32. The minimum Gasteiger partial charge on any atom is -0.469 e. The Hall–Kier alpha value is -2.47. The molecule has 1 N–H and O–H groups in total. The maximum atomic E-state index is 12.6. The van der Waals surface area contributed by atoms with Crippen molar-refractivity contribution in [3.63, 3.8) is 0 Å². The highest BCUT2D eigenvalue weighted by atomic mass is 79.9. The van der Waals surface area contributed by atoms with Crippen molar-refractivity contribution < 1.29 is 19.1 Å². The molecule has 0 saturated carbocycles. The minimum absolute atomic E-state index is 0.0711. The van der Waals surface area contributed by atoms with Gasteiger partial charge in [0.2, 0.25) is 0 Å². The molecule has 0 radical (unpaired) electrons. The summed E-state index contributed by atoms with van der Waals surface area (Å²) in [5, 5.41) is 2.83. The normalized spacial score (nSPS) is 10.3. The molecule has 26 heavy (non-hydrogen) atoms. The number of amides is 1. The lowest BCUT2D eigenvalue weighted by molar-refractivity contribution is -0.139. The summed E-state index contributed by atoms with van der Waals surface area (Å²) >= 11 is 3.38. The number of ketones is 1. The maximum Gasteiger partial charge on any atom is 0.310 e. The molecule has 5 nitrogen and oxygen atoms in total. The molecule has 0 spiro atoms. The fourth-order valence-electron chi connectivity index (χ4n) is 2.45. The van der Waals surface area contributed by atoms with Gasteiger partial charge in [0.15, 0.2) is 0 Å². The van der Waals surface area contributed by atoms with E-state index in [0.717, 1.165) is 10.0 Å². The van der Waals surface area contributed by atoms with Gasteiger partial charge in [0, 0.05) is 28.6 Å². The van der Waals surface area contributed by atoms with Gasteiger partial charge in [-0.2, -0.15) is 0 Å². The first-order valence-corrected chi connectivity index (χ1v) is 8.99. The van der Waals surface area contributed by atoms with E-state index in [1.54, 1.807) is 36.4 Å². The number of halogens is 1. The van der Waals surface area contributed by atoms with Crippen LogP contribution in [0.4, 0.5) is 5.69 Å². The van der Waals surface area contributed by atoms with E-state index >= 15 is 0 Å². The molecule has 0 saturated heterocycles. The largest absolute Gasteiger partial charge is 0.469 e. The van der Waals surface area contributed by atoms with Crippen molar-refractivity contribution in [3.05, 3.63) is 63.6 Å². The number of esters is 1. The molecule has 0 atom stereocenters. The smallest absolute Gasteiger partial charge is 0.310 e. The van der Waals surface area contributed by atoms with E-state index in [4.69, 9.17) is 0 Å². The van der Waals surface area contributed by atoms with Gasteiger partial charge in [-0.05, 0) is 35.4 Å². The van der Waals surface area contributed by atoms with Crippen molar-refractivity contribution >= 4 is 39.3 Å². The van der Waals surface area contributed by atoms with Gasteiger partial charge in [0.05, 0.1) is 13.5 Å². The lowest BCUT2D eigenvalue weighted by atomic mass is 10.0. The molecule has 2 aromatic rings. The molecular formula is C20H20BrNO4. The van der Waals surface area contributed by atoms with Crippen LogP contribution in [0.5, 0.6) is 0 Å². The number of ether oxygens (including phenoxy) is 1. The van der Waals surface area contributed by atoms with Crippen LogP contribution in [-0.4, -0.2) is 24.8 Å². The van der Waals surface area contributed by atoms with Gasteiger partial charge in [0.25, 0.3) is 5.91 Å². The zero-order valence-electron chi connectivity index (χ0n) is 14.7. The standard InChI is InChI=1S/C20H20BrNO4/c1-3-17(23)10-13-8-15(11-16(21)9-13)20(25)22-18-7-5-4-6-14(18)12-19(24)26-2/h4-9,11H,3,10,12H2,1-2H3,(H,22,25). The van der Waals surface area contributed by atoms with Gasteiger partial charge in [-0.15, -0.1) is 0 Å². The summed E-state index contributed by atoms with van der Waals surface area (Å²) in [6, 6.07) is 12.3. The third kappa shape index (κ3) is 5.52. The Morgan fingerprint density at radius 3 is 2.50 bits per heavy atom. The molecule has 0 aliphatic heterocycles. The first kappa shape index (κ1) is 19.8. The second-order valence-electron chi connectivity index (χ2n) is 5.78. The minimum atomic E-state index is -0.380. The molecule has 1 amide bonds. The molecule has 136 valence electrons. The highest BCUT2D eigenvalue weighted by Gasteiger charge is 2.13. The Morgan fingerprint density at radius 2 is 1.81 bits per heavy atom. The van der Waals surface area contributed by atoms with Gasteiger partial charge >= 0.3 is 5.97 Å². The van der Waals surface area contributed by atoms with Crippen molar-refractivity contribution in [3.8, 4) is 0 Å². The summed E-state index contributed by atoms with van der Waals surface area (Å²) in [6.07, 6.45) is 0.811. The third-order valence-electron chi connectivity index (χ3n) is 3.84. The van der Waals surface area contributed by atoms with Crippen LogP contribution >= 0.6 is 15.9 Å². The van der Waals surface area contributed by atoms with E-state index in [1.165, 1.54) is 7.11 Å². The first-order valence-electron chi connectivity index (χ1n) is 8.20. The number of para-hydroxylation sites is 1. The van der Waals surface area contributed by atoms with Crippen LogP contribution in [0, 0.1) is 0 Å². The average Bonchev–Trinajstić information content (AvgIpc) is 2.62. The molecule has 6 heteroatoms. The monoisotopic (exact) mass is 417 g/mol. The number of hydrogen-bond donors (Lipinski definition) is 1. The Labute approximate surface area is 160 Å². The summed E-state index contributed by atoms with van der Waals surface area (Å²) < 4.78 is 5.42. The average molecular weight is 418 g/mol. The highest BCUT2D eigenvalue weighted by Crippen LogP contribution is 2.21. The van der Waals surface area contributed by atoms with E-state index in [9.17, 15) is 14.4 Å². The van der Waals surface area contributed by atoms with Crippen molar-refractivity contribution in [1.29, 1.82) is 0 Å². The highest BCUT2D eigenvalue weighted by molar-refractivity contribution is 9.10. The van der Waals surface area contributed by atoms with Gasteiger partial charge in [0.1, 0.15) is 5.78 Å². The van der Waals surface area contributed by atoms with E-state index in [0.29, 0.717) is 23.2 Å². The van der Waals surface area contributed by atoms with E-state index < -0.39 is 0 Å². The molecule has 0 heterocycles. The lowest BCUT2D eigenvalue weighted by Crippen LogP contribution is -2.15. The number of benzene rings is 2. The molecule has 0 aliphatic carbocycles. The van der Waals surface area contributed by atoms with E-state index in [1.807, 2.05) is 13.0 Å². The van der Waals surface area contributed by atoms with E-state index in [2.05, 4.69) is 26.0 Å². The third-order valence-corrected chi connectivity index (χ3v) is 4.30. The quantitative estimate of drug-likeness (QED) is 0.692. The molecule has 0 unspecified atom stereocenters. The number of anilines is 1. The van der Waals surface area contributed by atoms with Crippen LogP contribution < -0.4 is 5.32 Å². The number of Topliss-reactive ketones (excluding diaryl/α,β-unsaturated/α-hetero) is 1. The molecule has 0 aliphatic rings. The fourth-order valence-corrected chi connectivity index (χ4v) is 3.00. The second-order valence-corrected chi connectivity index (χ2v) is 6.70. The topological polar surface area (TPSA) is 72.5 Å². The summed E-state index contributed by atoms with van der Waals surface area (Å²) in [5.41, 5.74) is 2.43. The zero-order chi connectivity index (χ0) is 19.1. The number of methoxy groups -OCH3 is 1. The number of carbonyl (C=O) groups excluding carboxylic acids is 3. The molecule has 0 bridgehead atoms. The van der Waals surface area contributed by atoms with Gasteiger partial charge in [-0.1, -0.05) is 41.1 Å². The van der Waals surface area contributed by atoms with Crippen molar-refractivity contribution in [2.45, 2.75) is 26.2 Å². The molecular weight excluding hydrogens is 398 g/mol. The molecule has 2 aromatic carbocycles. The predicted molar refractivity (Wildman–Crippen MR) is 103 cm³/mol. The summed E-state index contributed by atoms with van der Waals surface area (Å²) in [6.45, 7) is 1.81. The fraction of sp³-hybridized carbons (Fsp3) is 0.250. The maximum absolute atomic E-state index is 12.6. The number of nitrogens with one attached hydrogen (secondary N) is 1. The Kier molecular flexibility index (Phi) is 7.09. The van der Waals surface area contributed by atoms with Crippen molar-refractivity contribution in [2.75, 3.05) is 12.4 Å². The van der Waals surface area contributed by atoms with Crippen LogP contribution in [0.15, 0.2) is 46.9 Å². The van der Waals surface area contributed by atoms with Crippen LogP contribution in [0.1, 0.15) is 34.8 Å². The predicted octanol–water partition coefficient (Wildman–Crippen LogP) is 3.94. The number of hydrogen-bond acceptors (Lipinski definition) is 4. The van der Waals surface area contributed by atoms with Gasteiger partial charge in [-0.25, -0.2) is 0 Å². The molecule has 0 aromatic heterocycles. The summed E-state index contributed by atoms with van der Waals surface area (Å²) in [5.74, 6) is -0.582. The van der Waals surface area contributed by atoms with Crippen molar-refractivity contribution in [1.82, 2.24) is 0 Å². The SMILES string of the molecule is CCC(=O)Cc1cc(Br)cc(C(=O)Nc2ccccc2CC(=O)OC)c1. The number of carbonyl (C=O) groups is 3.